The van der Waals surface area contributed by atoms with Crippen molar-refractivity contribution in [2.24, 2.45) is 12.0 Å². The minimum atomic E-state index is 0. The van der Waals surface area contributed by atoms with Gasteiger partial charge in [-0.3, -0.25) is 4.90 Å². The van der Waals surface area contributed by atoms with Crippen LogP contribution in [0.25, 0.3) is 0 Å². The number of rotatable bonds is 7. The molecule has 3 rings (SSSR count). The quantitative estimate of drug-likeness (QED) is 0.254. The maximum absolute atomic E-state index is 5.15. The van der Waals surface area contributed by atoms with Crippen LogP contribution in [0.3, 0.4) is 0 Å². The van der Waals surface area contributed by atoms with Gasteiger partial charge in [-0.1, -0.05) is 5.16 Å². The van der Waals surface area contributed by atoms with Gasteiger partial charge in [-0.25, -0.2) is 4.99 Å². The number of piperazine rings is 1. The van der Waals surface area contributed by atoms with E-state index in [2.05, 4.69) is 30.5 Å². The van der Waals surface area contributed by atoms with Gasteiger partial charge in [0.05, 0.1) is 12.3 Å². The molecule has 0 radical (unpaired) electrons. The number of nitrogens with zero attached hydrogens (tertiary/aromatic N) is 7. The summed E-state index contributed by atoms with van der Waals surface area (Å²) in [6.07, 6.45) is 1.62. The maximum atomic E-state index is 5.15. The summed E-state index contributed by atoms with van der Waals surface area (Å²) in [5.74, 6) is 2.62. The number of aryl methyl sites for hydroxylation is 1. The van der Waals surface area contributed by atoms with E-state index in [-0.39, 0.29) is 24.0 Å². The van der Waals surface area contributed by atoms with Crippen molar-refractivity contribution in [3.8, 4) is 0 Å². The van der Waals surface area contributed by atoms with Crippen LogP contribution < -0.4 is 5.32 Å². The minimum absolute atomic E-state index is 0. The molecule has 156 valence electrons. The molecule has 2 aromatic rings. The Balaban J connectivity index is 0.00000280. The Bertz CT molecular complexity index is 726. The van der Waals surface area contributed by atoms with Gasteiger partial charge in [0.25, 0.3) is 0 Å². The fraction of sp³-hybridized carbons (Fsp3) is 0.647. The first-order chi connectivity index (χ1) is 13.2. The predicted octanol–water partition coefficient (Wildman–Crippen LogP) is 0.639. The molecule has 1 N–H and O–H groups in total. The van der Waals surface area contributed by atoms with E-state index >= 15 is 0 Å². The summed E-state index contributed by atoms with van der Waals surface area (Å²) in [5, 5.41) is 15.7. The molecular formula is C17H29IN8O2. The van der Waals surface area contributed by atoms with Crippen molar-refractivity contribution in [3.05, 3.63) is 29.7 Å². The number of hydrogen-bond acceptors (Lipinski definition) is 7. The Morgan fingerprint density at radius 2 is 2.07 bits per heavy atom. The summed E-state index contributed by atoms with van der Waals surface area (Å²) in [6.45, 7) is 8.27. The number of guanidine groups is 1. The van der Waals surface area contributed by atoms with E-state index in [1.165, 1.54) is 0 Å². The van der Waals surface area contributed by atoms with Crippen molar-refractivity contribution in [2.75, 3.05) is 46.4 Å². The number of hydrogen-bond donors (Lipinski definition) is 1. The molecule has 11 heteroatoms. The van der Waals surface area contributed by atoms with Gasteiger partial charge in [-0.05, 0) is 6.92 Å². The van der Waals surface area contributed by atoms with Crippen LogP contribution in [0.5, 0.6) is 0 Å². The molecule has 2 aromatic heterocycles. The smallest absolute Gasteiger partial charge is 0.194 e. The van der Waals surface area contributed by atoms with Crippen LogP contribution in [-0.4, -0.2) is 82.1 Å². The van der Waals surface area contributed by atoms with Crippen LogP contribution in [0.1, 0.15) is 17.3 Å². The van der Waals surface area contributed by atoms with E-state index in [9.17, 15) is 0 Å². The van der Waals surface area contributed by atoms with Crippen LogP contribution in [0.2, 0.25) is 0 Å². The summed E-state index contributed by atoms with van der Waals surface area (Å²) in [4.78, 5) is 9.42. The Labute approximate surface area is 182 Å². The molecule has 0 aliphatic carbocycles. The maximum Gasteiger partial charge on any atom is 0.194 e. The van der Waals surface area contributed by atoms with Crippen molar-refractivity contribution >= 4 is 29.9 Å². The Morgan fingerprint density at radius 3 is 2.68 bits per heavy atom. The zero-order chi connectivity index (χ0) is 19.1. The first-order valence-corrected chi connectivity index (χ1v) is 9.16. The number of ether oxygens (including phenoxy) is 1. The van der Waals surface area contributed by atoms with Gasteiger partial charge in [-0.15, -0.1) is 34.2 Å². The highest BCUT2D eigenvalue weighted by molar-refractivity contribution is 14.0. The van der Waals surface area contributed by atoms with E-state index < -0.39 is 0 Å². The monoisotopic (exact) mass is 504 g/mol. The third-order valence-corrected chi connectivity index (χ3v) is 4.69. The molecule has 1 saturated heterocycles. The van der Waals surface area contributed by atoms with Crippen LogP contribution in [0.4, 0.5) is 0 Å². The van der Waals surface area contributed by atoms with Gasteiger partial charge in [0.2, 0.25) is 0 Å². The SMILES string of the molecule is COCCNC(=NCc1nnc(C)n1C)N1CCN(Cc2ccon2)CC1.I. The lowest BCUT2D eigenvalue weighted by Crippen LogP contribution is -2.52. The predicted molar refractivity (Wildman–Crippen MR) is 116 cm³/mol. The normalized spacial score (nSPS) is 15.5. The lowest BCUT2D eigenvalue weighted by molar-refractivity contribution is 0.166. The number of aromatic nitrogens is 4. The number of nitrogens with one attached hydrogen (secondary N) is 1. The lowest BCUT2D eigenvalue weighted by Gasteiger charge is -2.36. The number of methoxy groups -OCH3 is 1. The largest absolute Gasteiger partial charge is 0.383 e. The van der Waals surface area contributed by atoms with E-state index in [1.54, 1.807) is 13.4 Å². The van der Waals surface area contributed by atoms with Gasteiger partial charge in [0.15, 0.2) is 11.8 Å². The topological polar surface area (TPSA) is 96.8 Å². The standard InChI is InChI=1S/C17H28N8O2.HI/c1-14-20-21-16(23(14)2)12-19-17(18-5-11-26-3)25-8-6-24(7-9-25)13-15-4-10-27-22-15;/h4,10H,5-9,11-13H2,1-3H3,(H,18,19);1H. The van der Waals surface area contributed by atoms with Crippen molar-refractivity contribution in [3.63, 3.8) is 0 Å². The summed E-state index contributed by atoms with van der Waals surface area (Å²) in [5.41, 5.74) is 0.966. The zero-order valence-electron chi connectivity index (χ0n) is 16.7. The van der Waals surface area contributed by atoms with Crippen LogP contribution in [-0.2, 0) is 24.9 Å². The summed E-state index contributed by atoms with van der Waals surface area (Å²) in [7, 11) is 3.66. The highest BCUT2D eigenvalue weighted by Crippen LogP contribution is 2.08. The van der Waals surface area contributed by atoms with Crippen LogP contribution >= 0.6 is 24.0 Å². The lowest BCUT2D eigenvalue weighted by atomic mass is 10.3. The molecule has 0 atom stereocenters. The minimum Gasteiger partial charge on any atom is -0.383 e. The molecule has 1 aliphatic heterocycles. The Morgan fingerprint density at radius 1 is 1.29 bits per heavy atom. The average Bonchev–Trinajstić information content (AvgIpc) is 3.30. The molecule has 3 heterocycles. The first kappa shape index (κ1) is 22.6. The molecule has 0 unspecified atom stereocenters. The summed E-state index contributed by atoms with van der Waals surface area (Å²) < 4.78 is 12.0. The van der Waals surface area contributed by atoms with Crippen LogP contribution in [0.15, 0.2) is 21.8 Å². The van der Waals surface area contributed by atoms with Gasteiger partial charge < -0.3 is 24.0 Å². The first-order valence-electron chi connectivity index (χ1n) is 9.16. The van der Waals surface area contributed by atoms with Gasteiger partial charge in [0.1, 0.15) is 18.6 Å². The number of halogens is 1. The van der Waals surface area contributed by atoms with E-state index in [4.69, 9.17) is 14.3 Å². The molecule has 10 nitrogen and oxygen atoms in total. The Kier molecular flexibility index (Phi) is 9.12. The molecule has 1 aliphatic rings. The van der Waals surface area contributed by atoms with E-state index in [0.29, 0.717) is 19.7 Å². The van der Waals surface area contributed by atoms with E-state index in [1.807, 2.05) is 24.6 Å². The second-order valence-corrected chi connectivity index (χ2v) is 6.54. The third-order valence-electron chi connectivity index (χ3n) is 4.69. The highest BCUT2D eigenvalue weighted by atomic mass is 127. The van der Waals surface area contributed by atoms with Gasteiger partial charge >= 0.3 is 0 Å². The highest BCUT2D eigenvalue weighted by Gasteiger charge is 2.20. The summed E-state index contributed by atoms with van der Waals surface area (Å²) in [6, 6.07) is 1.91. The molecule has 0 saturated carbocycles. The molecule has 0 spiro atoms. The van der Waals surface area contributed by atoms with Crippen LogP contribution in [0, 0.1) is 6.92 Å². The van der Waals surface area contributed by atoms with E-state index in [0.717, 1.165) is 56.0 Å². The fourth-order valence-electron chi connectivity index (χ4n) is 2.93. The van der Waals surface area contributed by atoms with Crippen molar-refractivity contribution in [2.45, 2.75) is 20.0 Å². The number of aliphatic imine (C=N–C) groups is 1. The van der Waals surface area contributed by atoms with Gasteiger partial charge in [-0.2, -0.15) is 0 Å². The van der Waals surface area contributed by atoms with Gasteiger partial charge in [0, 0.05) is 59.5 Å². The molecular weight excluding hydrogens is 475 g/mol. The van der Waals surface area contributed by atoms with Crippen molar-refractivity contribution in [1.82, 2.24) is 35.0 Å². The molecule has 1 fully saturated rings. The second-order valence-electron chi connectivity index (χ2n) is 6.54. The molecule has 0 bridgehead atoms. The Hall–Kier alpha value is -1.73. The molecule has 28 heavy (non-hydrogen) atoms. The summed E-state index contributed by atoms with van der Waals surface area (Å²) >= 11 is 0. The van der Waals surface area contributed by atoms with Crippen molar-refractivity contribution < 1.29 is 9.26 Å². The third kappa shape index (κ3) is 6.14. The molecule has 0 amide bonds. The molecule has 0 aromatic carbocycles. The zero-order valence-corrected chi connectivity index (χ0v) is 19.0. The second kappa shape index (κ2) is 11.3. The average molecular weight is 504 g/mol. The van der Waals surface area contributed by atoms with Crippen molar-refractivity contribution in [1.29, 1.82) is 0 Å². The fourth-order valence-corrected chi connectivity index (χ4v) is 2.93.